The Bertz CT molecular complexity index is 733. The Kier molecular flexibility index (Phi) is 7.58. The molecule has 1 aliphatic heterocycles. The van der Waals surface area contributed by atoms with Crippen molar-refractivity contribution in [2.45, 2.75) is 38.8 Å². The standard InChI is InChI=1S/C17H23N3O2.C2HF3O2/c1-12-4-5-15(10-18-12)16(21)19-9-13-3-2-8-20(11-13)17(22)14-6-7-14;3-2(4,5)1(6)7/h4-5,10,13-14H,2-3,6-9,11H2,1H3,(H,19,21);(H,6,7). The van der Waals surface area contributed by atoms with E-state index in [1.54, 1.807) is 12.3 Å². The minimum Gasteiger partial charge on any atom is -0.475 e. The van der Waals surface area contributed by atoms with Crippen LogP contribution in [0.1, 0.15) is 41.7 Å². The number of halogens is 3. The summed E-state index contributed by atoms with van der Waals surface area (Å²) in [5.74, 6) is -1.88. The number of carboxylic acids is 1. The minimum absolute atomic E-state index is 0.0851. The quantitative estimate of drug-likeness (QED) is 0.787. The van der Waals surface area contributed by atoms with Gasteiger partial charge >= 0.3 is 12.1 Å². The molecule has 2 aliphatic rings. The third-order valence-corrected chi connectivity index (χ3v) is 4.72. The predicted molar refractivity (Wildman–Crippen MR) is 97.0 cm³/mol. The van der Waals surface area contributed by atoms with Crippen molar-refractivity contribution in [1.82, 2.24) is 15.2 Å². The van der Waals surface area contributed by atoms with E-state index in [9.17, 15) is 22.8 Å². The number of nitrogens with one attached hydrogen (secondary N) is 1. The van der Waals surface area contributed by atoms with E-state index in [1.165, 1.54) is 0 Å². The molecule has 0 spiro atoms. The Hall–Kier alpha value is -2.65. The molecule has 7 nitrogen and oxygen atoms in total. The molecule has 0 bridgehead atoms. The molecular weight excluding hydrogens is 391 g/mol. The van der Waals surface area contributed by atoms with Gasteiger partial charge < -0.3 is 15.3 Å². The summed E-state index contributed by atoms with van der Waals surface area (Å²) in [6, 6.07) is 3.63. The van der Waals surface area contributed by atoms with Crippen molar-refractivity contribution in [2.75, 3.05) is 19.6 Å². The van der Waals surface area contributed by atoms with Crippen molar-refractivity contribution in [2.24, 2.45) is 11.8 Å². The fraction of sp³-hybridized carbons (Fsp3) is 0.579. The van der Waals surface area contributed by atoms with Gasteiger partial charge in [-0.15, -0.1) is 0 Å². The zero-order valence-corrected chi connectivity index (χ0v) is 16.0. The first kappa shape index (κ1) is 22.6. The summed E-state index contributed by atoms with van der Waals surface area (Å²) < 4.78 is 31.7. The maximum absolute atomic E-state index is 12.1. The van der Waals surface area contributed by atoms with E-state index in [2.05, 4.69) is 10.3 Å². The first-order valence-electron chi connectivity index (χ1n) is 9.37. The van der Waals surface area contributed by atoms with Gasteiger partial charge in [-0.05, 0) is 50.7 Å². The van der Waals surface area contributed by atoms with Crippen molar-refractivity contribution >= 4 is 17.8 Å². The van der Waals surface area contributed by atoms with Crippen molar-refractivity contribution in [3.8, 4) is 0 Å². The zero-order chi connectivity index (χ0) is 21.6. The highest BCUT2D eigenvalue weighted by Crippen LogP contribution is 2.32. The molecule has 1 unspecified atom stereocenters. The lowest BCUT2D eigenvalue weighted by molar-refractivity contribution is -0.192. The van der Waals surface area contributed by atoms with E-state index in [4.69, 9.17) is 9.90 Å². The molecule has 1 saturated heterocycles. The van der Waals surface area contributed by atoms with Crippen molar-refractivity contribution in [3.63, 3.8) is 0 Å². The maximum Gasteiger partial charge on any atom is 0.490 e. The van der Waals surface area contributed by atoms with Crippen LogP contribution in [0.25, 0.3) is 0 Å². The average molecular weight is 415 g/mol. The Morgan fingerprint density at radius 3 is 2.41 bits per heavy atom. The first-order chi connectivity index (χ1) is 13.6. The van der Waals surface area contributed by atoms with Crippen LogP contribution in [0.4, 0.5) is 13.2 Å². The molecule has 0 aromatic carbocycles. The lowest BCUT2D eigenvalue weighted by Crippen LogP contribution is -2.44. The van der Waals surface area contributed by atoms with Crippen molar-refractivity contribution in [3.05, 3.63) is 29.6 Å². The van der Waals surface area contributed by atoms with Gasteiger partial charge in [-0.25, -0.2) is 4.79 Å². The number of alkyl halides is 3. The van der Waals surface area contributed by atoms with Gasteiger partial charge in [-0.2, -0.15) is 13.2 Å². The van der Waals surface area contributed by atoms with Gasteiger partial charge in [0.05, 0.1) is 5.56 Å². The highest BCUT2D eigenvalue weighted by atomic mass is 19.4. The Morgan fingerprint density at radius 2 is 1.90 bits per heavy atom. The number of hydrogen-bond acceptors (Lipinski definition) is 4. The summed E-state index contributed by atoms with van der Waals surface area (Å²) in [6.45, 7) is 4.18. The molecule has 2 amide bonds. The molecular formula is C19H24F3N3O4. The van der Waals surface area contributed by atoms with E-state index in [0.717, 1.165) is 44.5 Å². The number of rotatable bonds is 4. The SMILES string of the molecule is Cc1ccc(C(=O)NCC2CCCN(C(=O)C3CC3)C2)cn1.O=C(O)C(F)(F)F. The number of carbonyl (C=O) groups excluding carboxylic acids is 2. The van der Waals surface area contributed by atoms with Crippen LogP contribution in [0.3, 0.4) is 0 Å². The maximum atomic E-state index is 12.1. The Labute approximate surface area is 166 Å². The van der Waals surface area contributed by atoms with E-state index in [1.807, 2.05) is 17.9 Å². The van der Waals surface area contributed by atoms with Crippen LogP contribution in [0.5, 0.6) is 0 Å². The molecule has 3 rings (SSSR count). The average Bonchev–Trinajstić information content (AvgIpc) is 3.51. The number of likely N-dealkylation sites (tertiary alicyclic amines) is 1. The second kappa shape index (κ2) is 9.71. The smallest absolute Gasteiger partial charge is 0.475 e. The number of nitrogens with zero attached hydrogens (tertiary/aromatic N) is 2. The highest BCUT2D eigenvalue weighted by molar-refractivity contribution is 5.93. The molecule has 2 fully saturated rings. The number of amides is 2. The second-order valence-electron chi connectivity index (χ2n) is 7.27. The van der Waals surface area contributed by atoms with Gasteiger partial charge in [0, 0.05) is 37.4 Å². The Balaban J connectivity index is 0.000000370. The number of hydrogen-bond donors (Lipinski definition) is 2. The van der Waals surface area contributed by atoms with E-state index >= 15 is 0 Å². The molecule has 1 aliphatic carbocycles. The van der Waals surface area contributed by atoms with E-state index in [-0.39, 0.29) is 11.8 Å². The van der Waals surface area contributed by atoms with Gasteiger partial charge in [0.15, 0.2) is 0 Å². The van der Waals surface area contributed by atoms with Crippen LogP contribution in [-0.4, -0.2) is 58.6 Å². The number of aryl methyl sites for hydroxylation is 1. The normalized spacial score (nSPS) is 19.0. The van der Waals surface area contributed by atoms with Crippen LogP contribution < -0.4 is 5.32 Å². The topological polar surface area (TPSA) is 99.6 Å². The monoisotopic (exact) mass is 415 g/mol. The summed E-state index contributed by atoms with van der Waals surface area (Å²) >= 11 is 0. The summed E-state index contributed by atoms with van der Waals surface area (Å²) in [6.07, 6.45) is 0.731. The summed E-state index contributed by atoms with van der Waals surface area (Å²) in [5.41, 5.74) is 1.49. The van der Waals surface area contributed by atoms with Crippen LogP contribution in [0.15, 0.2) is 18.3 Å². The summed E-state index contributed by atoms with van der Waals surface area (Å²) in [5, 5.41) is 10.1. The largest absolute Gasteiger partial charge is 0.490 e. The second-order valence-corrected chi connectivity index (χ2v) is 7.27. The molecule has 2 N–H and O–H groups in total. The number of carbonyl (C=O) groups is 3. The van der Waals surface area contributed by atoms with E-state index in [0.29, 0.717) is 23.9 Å². The summed E-state index contributed by atoms with van der Waals surface area (Å²) in [4.78, 5) is 39.3. The van der Waals surface area contributed by atoms with Gasteiger partial charge in [0.2, 0.25) is 5.91 Å². The lowest BCUT2D eigenvalue weighted by atomic mass is 9.97. The number of pyridine rings is 1. The van der Waals surface area contributed by atoms with Crippen LogP contribution in [0.2, 0.25) is 0 Å². The third kappa shape index (κ3) is 7.35. The molecule has 2 heterocycles. The van der Waals surface area contributed by atoms with Crippen LogP contribution in [-0.2, 0) is 9.59 Å². The molecule has 0 radical (unpaired) electrons. The van der Waals surface area contributed by atoms with Gasteiger partial charge in [-0.3, -0.25) is 14.6 Å². The molecule has 1 aromatic heterocycles. The molecule has 1 atom stereocenters. The van der Waals surface area contributed by atoms with Crippen LogP contribution >= 0.6 is 0 Å². The minimum atomic E-state index is -5.08. The third-order valence-electron chi connectivity index (χ3n) is 4.72. The highest BCUT2D eigenvalue weighted by Gasteiger charge is 2.38. The van der Waals surface area contributed by atoms with Gasteiger partial charge in [0.1, 0.15) is 0 Å². The summed E-state index contributed by atoms with van der Waals surface area (Å²) in [7, 11) is 0. The molecule has 29 heavy (non-hydrogen) atoms. The fourth-order valence-electron chi connectivity index (χ4n) is 2.96. The van der Waals surface area contributed by atoms with E-state index < -0.39 is 12.1 Å². The molecule has 160 valence electrons. The number of aromatic nitrogens is 1. The van der Waals surface area contributed by atoms with Gasteiger partial charge in [-0.1, -0.05) is 0 Å². The van der Waals surface area contributed by atoms with Gasteiger partial charge in [0.25, 0.3) is 5.91 Å². The lowest BCUT2D eigenvalue weighted by Gasteiger charge is -2.33. The number of aliphatic carboxylic acids is 1. The van der Waals surface area contributed by atoms with Crippen molar-refractivity contribution in [1.29, 1.82) is 0 Å². The van der Waals surface area contributed by atoms with Crippen LogP contribution in [0, 0.1) is 18.8 Å². The fourth-order valence-corrected chi connectivity index (χ4v) is 2.96. The number of piperidine rings is 1. The molecule has 1 aromatic rings. The van der Waals surface area contributed by atoms with Crippen molar-refractivity contribution < 1.29 is 32.7 Å². The Morgan fingerprint density at radius 1 is 1.24 bits per heavy atom. The predicted octanol–water partition coefficient (Wildman–Crippen LogP) is 2.40. The number of carboxylic acid groups (broad SMARTS) is 1. The first-order valence-corrected chi connectivity index (χ1v) is 9.37. The molecule has 1 saturated carbocycles. The molecule has 10 heteroatoms. The zero-order valence-electron chi connectivity index (χ0n) is 16.0.